The van der Waals surface area contributed by atoms with Crippen LogP contribution in [0.3, 0.4) is 0 Å². The highest BCUT2D eigenvalue weighted by molar-refractivity contribution is 7.21. The van der Waals surface area contributed by atoms with Crippen molar-refractivity contribution in [3.05, 3.63) is 91.0 Å². The Labute approximate surface area is 135 Å². The summed E-state index contributed by atoms with van der Waals surface area (Å²) >= 11 is 0. The van der Waals surface area contributed by atoms with Crippen molar-refractivity contribution in [2.75, 3.05) is 0 Å². The van der Waals surface area contributed by atoms with Gasteiger partial charge in [-0.15, -0.1) is 0 Å². The van der Waals surface area contributed by atoms with E-state index >= 15 is 0 Å². The summed E-state index contributed by atoms with van der Waals surface area (Å²) in [5.74, 6) is 0. The Morgan fingerprint density at radius 1 is 0.545 bits per heavy atom. The van der Waals surface area contributed by atoms with Gasteiger partial charge in [-0.05, 0) is 0 Å². The monoisotopic (exact) mass is 316 g/mol. The van der Waals surface area contributed by atoms with Crippen molar-refractivity contribution in [2.24, 2.45) is 0 Å². The summed E-state index contributed by atoms with van der Waals surface area (Å²) in [6.45, 7) is 0. The lowest BCUT2D eigenvalue weighted by Crippen LogP contribution is -2.71. The van der Waals surface area contributed by atoms with Gasteiger partial charge < -0.3 is 0 Å². The molecule has 2 heteroatoms. The van der Waals surface area contributed by atoms with E-state index in [1.54, 1.807) is 15.6 Å². The standard InChI is InChI=1S/C20H20Si2/c1-4-10-18(11-5-1)21-16-22(17-21,19-12-6-2-7-13-19)20-14-8-3-9-15-20/h1-15,21H,16-17H2. The van der Waals surface area contributed by atoms with Crippen LogP contribution in [0, 0.1) is 0 Å². The van der Waals surface area contributed by atoms with E-state index in [1.165, 1.54) is 11.3 Å². The number of benzene rings is 3. The third-order valence-corrected chi connectivity index (χ3v) is 18.8. The van der Waals surface area contributed by atoms with Crippen LogP contribution in [0.4, 0.5) is 0 Å². The molecule has 0 bridgehead atoms. The van der Waals surface area contributed by atoms with Crippen LogP contribution in [-0.4, -0.2) is 16.9 Å². The molecule has 0 nitrogen and oxygen atoms in total. The van der Waals surface area contributed by atoms with Crippen molar-refractivity contribution in [3.8, 4) is 0 Å². The van der Waals surface area contributed by atoms with E-state index in [2.05, 4.69) is 91.0 Å². The maximum atomic E-state index is 2.37. The summed E-state index contributed by atoms with van der Waals surface area (Å²) in [7, 11) is -2.24. The van der Waals surface area contributed by atoms with Gasteiger partial charge in [0.1, 0.15) is 8.07 Å². The molecule has 0 aliphatic carbocycles. The number of hydrogen-bond donors (Lipinski definition) is 0. The highest BCUT2D eigenvalue weighted by Gasteiger charge is 2.49. The Hall–Kier alpha value is -1.91. The van der Waals surface area contributed by atoms with Gasteiger partial charge in [-0.2, -0.15) is 0 Å². The second-order valence-corrected chi connectivity index (χ2v) is 15.0. The maximum Gasteiger partial charge on any atom is 0.113 e. The summed E-state index contributed by atoms with van der Waals surface area (Å²) in [5.41, 5.74) is 2.95. The molecule has 0 radical (unpaired) electrons. The molecule has 1 fully saturated rings. The molecule has 1 heterocycles. The van der Waals surface area contributed by atoms with E-state index in [0.717, 1.165) is 0 Å². The summed E-state index contributed by atoms with van der Waals surface area (Å²) < 4.78 is 0. The lowest BCUT2D eigenvalue weighted by atomic mass is 10.4. The van der Waals surface area contributed by atoms with Crippen molar-refractivity contribution in [1.82, 2.24) is 0 Å². The second kappa shape index (κ2) is 5.71. The van der Waals surface area contributed by atoms with E-state index in [4.69, 9.17) is 0 Å². The first-order chi connectivity index (χ1) is 10.9. The van der Waals surface area contributed by atoms with Crippen LogP contribution < -0.4 is 15.6 Å². The molecule has 1 aliphatic heterocycles. The van der Waals surface area contributed by atoms with Crippen LogP contribution in [0.25, 0.3) is 0 Å². The molecule has 3 aromatic carbocycles. The third-order valence-electron chi connectivity index (χ3n) is 5.11. The fraction of sp³-hybridized carbons (Fsp3) is 0.100. The van der Waals surface area contributed by atoms with E-state index < -0.39 is 16.9 Å². The van der Waals surface area contributed by atoms with Gasteiger partial charge in [0.05, 0.1) is 8.80 Å². The molecule has 108 valence electrons. The Morgan fingerprint density at radius 2 is 0.955 bits per heavy atom. The van der Waals surface area contributed by atoms with Crippen molar-refractivity contribution in [2.45, 2.75) is 11.3 Å². The van der Waals surface area contributed by atoms with Crippen molar-refractivity contribution >= 4 is 32.4 Å². The zero-order valence-corrected chi connectivity index (χ0v) is 14.8. The van der Waals surface area contributed by atoms with E-state index in [0.29, 0.717) is 0 Å². The molecule has 0 spiro atoms. The zero-order valence-electron chi connectivity index (χ0n) is 12.7. The van der Waals surface area contributed by atoms with Crippen LogP contribution in [0.15, 0.2) is 91.0 Å². The highest BCUT2D eigenvalue weighted by atomic mass is 28.4. The van der Waals surface area contributed by atoms with Crippen molar-refractivity contribution in [1.29, 1.82) is 0 Å². The topological polar surface area (TPSA) is 0 Å². The van der Waals surface area contributed by atoms with Gasteiger partial charge in [-0.25, -0.2) is 0 Å². The minimum Gasteiger partial charge on any atom is -0.0636 e. The first kappa shape index (κ1) is 13.7. The van der Waals surface area contributed by atoms with Crippen LogP contribution >= 0.6 is 0 Å². The molecule has 1 aliphatic rings. The normalized spacial score (nSPS) is 16.9. The minimum atomic E-state index is -1.48. The van der Waals surface area contributed by atoms with Crippen LogP contribution in [0.1, 0.15) is 0 Å². The second-order valence-electron chi connectivity index (χ2n) is 6.33. The lowest BCUT2D eigenvalue weighted by Gasteiger charge is -2.46. The first-order valence-corrected chi connectivity index (χ1v) is 12.7. The van der Waals surface area contributed by atoms with Crippen LogP contribution in [0.2, 0.25) is 11.3 Å². The Kier molecular flexibility index (Phi) is 3.56. The largest absolute Gasteiger partial charge is 0.113 e. The van der Waals surface area contributed by atoms with Gasteiger partial charge in [0.25, 0.3) is 0 Å². The highest BCUT2D eigenvalue weighted by Crippen LogP contribution is 2.31. The van der Waals surface area contributed by atoms with Gasteiger partial charge in [0.15, 0.2) is 0 Å². The zero-order chi connectivity index (χ0) is 14.8. The fourth-order valence-corrected chi connectivity index (χ4v) is 18.6. The van der Waals surface area contributed by atoms with Gasteiger partial charge >= 0.3 is 0 Å². The molecule has 0 unspecified atom stereocenters. The molecule has 0 N–H and O–H groups in total. The van der Waals surface area contributed by atoms with Gasteiger partial charge in [0, 0.05) is 0 Å². The molecule has 0 amide bonds. The first-order valence-electron chi connectivity index (χ1n) is 8.04. The Morgan fingerprint density at radius 3 is 1.41 bits per heavy atom. The SMILES string of the molecule is c1ccc([SiH]2C[Si](c3ccccc3)(c3ccccc3)C2)cc1. The van der Waals surface area contributed by atoms with Gasteiger partial charge in [-0.1, -0.05) is 118 Å². The third kappa shape index (κ3) is 2.29. The summed E-state index contributed by atoms with van der Waals surface area (Å²) in [6.07, 6.45) is 0. The molecule has 3 aromatic rings. The number of rotatable bonds is 3. The Bertz CT molecular complexity index is 691. The van der Waals surface area contributed by atoms with Crippen molar-refractivity contribution in [3.63, 3.8) is 0 Å². The molecular weight excluding hydrogens is 296 g/mol. The minimum absolute atomic E-state index is 0.762. The van der Waals surface area contributed by atoms with Crippen LogP contribution in [-0.2, 0) is 0 Å². The number of hydrogen-bond acceptors (Lipinski definition) is 0. The summed E-state index contributed by atoms with van der Waals surface area (Å²) in [6, 6.07) is 33.9. The average molecular weight is 317 g/mol. The molecule has 0 aromatic heterocycles. The smallest absolute Gasteiger partial charge is 0.0636 e. The van der Waals surface area contributed by atoms with E-state index in [1.807, 2.05) is 0 Å². The molecule has 4 rings (SSSR count). The van der Waals surface area contributed by atoms with E-state index in [9.17, 15) is 0 Å². The maximum absolute atomic E-state index is 2.37. The average Bonchev–Trinajstić information content (AvgIpc) is 2.57. The lowest BCUT2D eigenvalue weighted by molar-refractivity contribution is 1.47. The predicted octanol–water partition coefficient (Wildman–Crippen LogP) is 2.48. The van der Waals surface area contributed by atoms with Crippen LogP contribution in [0.5, 0.6) is 0 Å². The molecule has 22 heavy (non-hydrogen) atoms. The molecule has 1 saturated heterocycles. The molecular formula is C20H20Si2. The fourth-order valence-electron chi connectivity index (χ4n) is 3.89. The van der Waals surface area contributed by atoms with E-state index in [-0.39, 0.29) is 0 Å². The molecule has 0 saturated carbocycles. The van der Waals surface area contributed by atoms with Crippen molar-refractivity contribution < 1.29 is 0 Å². The van der Waals surface area contributed by atoms with Gasteiger partial charge in [-0.3, -0.25) is 0 Å². The Balaban J connectivity index is 1.71. The predicted molar refractivity (Wildman–Crippen MR) is 101 cm³/mol. The quantitative estimate of drug-likeness (QED) is 0.651. The van der Waals surface area contributed by atoms with Gasteiger partial charge in [0.2, 0.25) is 0 Å². The summed E-state index contributed by atoms with van der Waals surface area (Å²) in [5, 5.41) is 4.90. The summed E-state index contributed by atoms with van der Waals surface area (Å²) in [4.78, 5) is 0. The molecule has 0 atom stereocenters.